The van der Waals surface area contributed by atoms with Gasteiger partial charge in [0, 0.05) is 26.1 Å². The molecule has 0 aliphatic rings. The van der Waals surface area contributed by atoms with Gasteiger partial charge in [0.1, 0.15) is 6.04 Å². The van der Waals surface area contributed by atoms with Crippen LogP contribution in [0.4, 0.5) is 5.69 Å². The van der Waals surface area contributed by atoms with E-state index < -0.39 is 16.1 Å². The molecule has 2 aromatic rings. The van der Waals surface area contributed by atoms with Crippen molar-refractivity contribution >= 4 is 27.5 Å². The van der Waals surface area contributed by atoms with Crippen LogP contribution < -0.4 is 9.62 Å². The molecule has 0 radical (unpaired) electrons. The largest absolute Gasteiger partial charge is 0.354 e. The van der Waals surface area contributed by atoms with Crippen LogP contribution in [0.2, 0.25) is 0 Å². The summed E-state index contributed by atoms with van der Waals surface area (Å²) in [4.78, 5) is 27.5. The van der Waals surface area contributed by atoms with Gasteiger partial charge in [-0.05, 0) is 56.4 Å². The molecule has 0 fully saturated rings. The molecule has 34 heavy (non-hydrogen) atoms. The molecule has 0 saturated heterocycles. The first-order valence-corrected chi connectivity index (χ1v) is 13.6. The number of carbonyl (C=O) groups excluding carboxylic acids is 2. The summed E-state index contributed by atoms with van der Waals surface area (Å²) in [5.41, 5.74) is 3.48. The monoisotopic (exact) mass is 487 g/mol. The highest BCUT2D eigenvalue weighted by Gasteiger charge is 2.27. The molecule has 0 bridgehead atoms. The molecule has 1 N–H and O–H groups in total. The summed E-state index contributed by atoms with van der Waals surface area (Å²) in [6, 6.07) is 14.4. The number of nitrogens with zero attached hydrogens (tertiary/aromatic N) is 2. The maximum absolute atomic E-state index is 13.3. The normalized spacial score (nSPS) is 12.1. The number of aryl methyl sites for hydroxylation is 2. The number of hydrogen-bond acceptors (Lipinski definition) is 4. The van der Waals surface area contributed by atoms with Crippen molar-refractivity contribution < 1.29 is 18.0 Å². The van der Waals surface area contributed by atoms with Crippen LogP contribution in [-0.4, -0.2) is 50.5 Å². The molecule has 0 aliphatic heterocycles. The fourth-order valence-corrected chi connectivity index (χ4v) is 4.80. The van der Waals surface area contributed by atoms with Gasteiger partial charge in [0.05, 0.1) is 11.9 Å². The number of hydrogen-bond donors (Lipinski definition) is 1. The van der Waals surface area contributed by atoms with Crippen LogP contribution in [0.1, 0.15) is 49.8 Å². The maximum Gasteiger partial charge on any atom is 0.242 e. The zero-order chi connectivity index (χ0) is 25.3. The Labute approximate surface area is 204 Å². The molecule has 0 heterocycles. The van der Waals surface area contributed by atoms with Crippen molar-refractivity contribution in [3.05, 3.63) is 65.2 Å². The van der Waals surface area contributed by atoms with Gasteiger partial charge in [-0.2, -0.15) is 0 Å². The molecule has 0 saturated carbocycles. The SMILES string of the molecule is CCCNC(=O)C(C)N(Cc1ccccc1C)C(=O)CCCN(c1ccccc1C)S(C)(=O)=O. The van der Waals surface area contributed by atoms with Crippen molar-refractivity contribution in [2.45, 2.75) is 59.5 Å². The second-order valence-electron chi connectivity index (χ2n) is 8.64. The second-order valence-corrected chi connectivity index (χ2v) is 10.5. The average Bonchev–Trinajstić information content (AvgIpc) is 2.79. The van der Waals surface area contributed by atoms with Crippen molar-refractivity contribution in [2.24, 2.45) is 0 Å². The minimum absolute atomic E-state index is 0.134. The van der Waals surface area contributed by atoms with Gasteiger partial charge < -0.3 is 10.2 Å². The van der Waals surface area contributed by atoms with E-state index in [1.165, 1.54) is 10.6 Å². The molecule has 2 aromatic carbocycles. The van der Waals surface area contributed by atoms with Gasteiger partial charge in [-0.15, -0.1) is 0 Å². The first kappa shape index (κ1) is 27.4. The molecule has 1 atom stereocenters. The summed E-state index contributed by atoms with van der Waals surface area (Å²) in [6.45, 7) is 8.60. The Morgan fingerprint density at radius 2 is 1.62 bits per heavy atom. The standard InChI is InChI=1S/C26H37N3O4S/c1-6-17-27-26(31)22(4)28(19-23-14-9-7-12-20(23)2)25(30)16-11-18-29(34(5,32)33)24-15-10-8-13-21(24)3/h7-10,12-15,22H,6,11,16-19H2,1-5H3,(H,27,31). The van der Waals surface area contributed by atoms with E-state index >= 15 is 0 Å². The zero-order valence-electron chi connectivity index (χ0n) is 20.9. The van der Waals surface area contributed by atoms with E-state index in [-0.39, 0.29) is 24.8 Å². The molecule has 2 rings (SSSR count). The number of nitrogens with one attached hydrogen (secondary N) is 1. The Bertz CT molecular complexity index is 1080. The van der Waals surface area contributed by atoms with Gasteiger partial charge in [-0.3, -0.25) is 13.9 Å². The Kier molecular flexibility index (Phi) is 10.1. The second kappa shape index (κ2) is 12.6. The molecule has 0 aliphatic carbocycles. The van der Waals surface area contributed by atoms with E-state index in [0.717, 1.165) is 23.1 Å². The lowest BCUT2D eigenvalue weighted by molar-refractivity contribution is -0.140. The number of anilines is 1. The third kappa shape index (κ3) is 7.58. The minimum Gasteiger partial charge on any atom is -0.354 e. The number of rotatable bonds is 12. The van der Waals surface area contributed by atoms with E-state index in [2.05, 4.69) is 5.32 Å². The van der Waals surface area contributed by atoms with E-state index in [0.29, 0.717) is 25.2 Å². The zero-order valence-corrected chi connectivity index (χ0v) is 21.7. The Hall–Kier alpha value is -2.87. The van der Waals surface area contributed by atoms with Crippen LogP contribution in [-0.2, 0) is 26.2 Å². The third-order valence-electron chi connectivity index (χ3n) is 5.85. The fourth-order valence-electron chi connectivity index (χ4n) is 3.78. The lowest BCUT2D eigenvalue weighted by Crippen LogP contribution is -2.48. The highest BCUT2D eigenvalue weighted by atomic mass is 32.2. The molecule has 0 spiro atoms. The highest BCUT2D eigenvalue weighted by Crippen LogP contribution is 2.23. The van der Waals surface area contributed by atoms with Crippen molar-refractivity contribution in [1.82, 2.24) is 10.2 Å². The number of carbonyl (C=O) groups is 2. The van der Waals surface area contributed by atoms with Crippen LogP contribution in [0.5, 0.6) is 0 Å². The Morgan fingerprint density at radius 1 is 1.00 bits per heavy atom. The molecule has 186 valence electrons. The number of benzene rings is 2. The van der Waals surface area contributed by atoms with E-state index in [4.69, 9.17) is 0 Å². The van der Waals surface area contributed by atoms with Gasteiger partial charge in [-0.25, -0.2) is 8.42 Å². The van der Waals surface area contributed by atoms with Crippen LogP contribution >= 0.6 is 0 Å². The highest BCUT2D eigenvalue weighted by molar-refractivity contribution is 7.92. The smallest absolute Gasteiger partial charge is 0.242 e. The summed E-state index contributed by atoms with van der Waals surface area (Å²) in [7, 11) is -3.51. The molecular weight excluding hydrogens is 450 g/mol. The predicted octanol–water partition coefficient (Wildman–Crippen LogP) is 3.79. The van der Waals surface area contributed by atoms with E-state index in [1.54, 1.807) is 24.0 Å². The molecule has 1 unspecified atom stereocenters. The van der Waals surface area contributed by atoms with E-state index in [1.807, 2.05) is 57.2 Å². The van der Waals surface area contributed by atoms with Crippen molar-refractivity contribution in [2.75, 3.05) is 23.7 Å². The molecule has 0 aromatic heterocycles. The van der Waals surface area contributed by atoms with Gasteiger partial charge in [0.15, 0.2) is 0 Å². The summed E-state index contributed by atoms with van der Waals surface area (Å²) < 4.78 is 26.2. The van der Waals surface area contributed by atoms with Crippen molar-refractivity contribution in [3.63, 3.8) is 0 Å². The number of para-hydroxylation sites is 1. The first-order chi connectivity index (χ1) is 16.1. The van der Waals surface area contributed by atoms with Crippen molar-refractivity contribution in [3.8, 4) is 0 Å². The molecule has 2 amide bonds. The summed E-state index contributed by atoms with van der Waals surface area (Å²) in [5.74, 6) is -0.373. The van der Waals surface area contributed by atoms with Gasteiger partial charge >= 0.3 is 0 Å². The van der Waals surface area contributed by atoms with Gasteiger partial charge in [-0.1, -0.05) is 49.4 Å². The number of amides is 2. The Morgan fingerprint density at radius 3 is 2.21 bits per heavy atom. The predicted molar refractivity (Wildman–Crippen MR) is 137 cm³/mol. The van der Waals surface area contributed by atoms with Gasteiger partial charge in [0.25, 0.3) is 0 Å². The molecular formula is C26H37N3O4S. The third-order valence-corrected chi connectivity index (χ3v) is 7.03. The summed E-state index contributed by atoms with van der Waals surface area (Å²) in [6.07, 6.45) is 2.46. The van der Waals surface area contributed by atoms with E-state index in [9.17, 15) is 18.0 Å². The minimum atomic E-state index is -3.51. The van der Waals surface area contributed by atoms with Gasteiger partial charge in [0.2, 0.25) is 21.8 Å². The summed E-state index contributed by atoms with van der Waals surface area (Å²) >= 11 is 0. The fraction of sp³-hybridized carbons (Fsp3) is 0.462. The lowest BCUT2D eigenvalue weighted by Gasteiger charge is -2.30. The number of sulfonamides is 1. The van der Waals surface area contributed by atoms with Crippen molar-refractivity contribution in [1.29, 1.82) is 0 Å². The molecule has 8 heteroatoms. The van der Waals surface area contributed by atoms with Crippen LogP contribution in [0.3, 0.4) is 0 Å². The summed E-state index contributed by atoms with van der Waals surface area (Å²) in [5, 5.41) is 2.87. The maximum atomic E-state index is 13.3. The topological polar surface area (TPSA) is 86.8 Å². The lowest BCUT2D eigenvalue weighted by atomic mass is 10.1. The Balaban J connectivity index is 2.17. The average molecular weight is 488 g/mol. The van der Waals surface area contributed by atoms with Crippen LogP contribution in [0.15, 0.2) is 48.5 Å². The van der Waals surface area contributed by atoms with Crippen LogP contribution in [0, 0.1) is 13.8 Å². The van der Waals surface area contributed by atoms with Crippen LogP contribution in [0.25, 0.3) is 0 Å². The quantitative estimate of drug-likeness (QED) is 0.493. The first-order valence-electron chi connectivity index (χ1n) is 11.7. The molecule has 7 nitrogen and oxygen atoms in total.